The van der Waals surface area contributed by atoms with Crippen LogP contribution in [0.3, 0.4) is 0 Å². The highest BCUT2D eigenvalue weighted by molar-refractivity contribution is 6.35. The van der Waals surface area contributed by atoms with Gasteiger partial charge < -0.3 is 18.8 Å². The first-order valence-electron chi connectivity index (χ1n) is 7.95. The lowest BCUT2D eigenvalue weighted by Crippen LogP contribution is -2.15. The van der Waals surface area contributed by atoms with E-state index in [-0.39, 0.29) is 12.9 Å². The molecule has 0 aliphatic heterocycles. The Morgan fingerprint density at radius 1 is 1.12 bits per heavy atom. The van der Waals surface area contributed by atoms with E-state index in [1.165, 1.54) is 0 Å². The van der Waals surface area contributed by atoms with Crippen LogP contribution in [-0.4, -0.2) is 23.5 Å². The quantitative estimate of drug-likeness (QED) is 0.506. The van der Waals surface area contributed by atoms with Gasteiger partial charge in [-0.25, -0.2) is 4.98 Å². The van der Waals surface area contributed by atoms with Crippen LogP contribution in [0.1, 0.15) is 11.7 Å². The van der Waals surface area contributed by atoms with Gasteiger partial charge in [-0.05, 0) is 24.3 Å². The van der Waals surface area contributed by atoms with Crippen LogP contribution in [0.5, 0.6) is 11.5 Å². The van der Waals surface area contributed by atoms with Gasteiger partial charge in [0.1, 0.15) is 6.10 Å². The number of methoxy groups -OCH3 is 1. The van der Waals surface area contributed by atoms with Crippen molar-refractivity contribution in [3.63, 3.8) is 0 Å². The number of rotatable bonds is 8. The molecule has 7 heteroatoms. The fraction of sp³-hybridized carbons (Fsp3) is 0.211. The molecular weight excluding hydrogens is 375 g/mol. The molecule has 0 fully saturated rings. The van der Waals surface area contributed by atoms with Gasteiger partial charge >= 0.3 is 0 Å². The van der Waals surface area contributed by atoms with Crippen molar-refractivity contribution >= 4 is 23.2 Å². The lowest BCUT2D eigenvalue weighted by atomic mass is 10.1. The summed E-state index contributed by atoms with van der Waals surface area (Å²) in [5.41, 5.74) is 0.827. The number of aromatic nitrogens is 2. The van der Waals surface area contributed by atoms with Gasteiger partial charge in [0, 0.05) is 28.0 Å². The molecule has 0 aliphatic rings. The number of para-hydroxylation sites is 2. The molecule has 1 aromatic heterocycles. The first-order valence-corrected chi connectivity index (χ1v) is 8.71. The molecule has 0 N–H and O–H groups in total. The number of imidazole rings is 1. The van der Waals surface area contributed by atoms with Gasteiger partial charge in [0.05, 0.1) is 20.0 Å². The van der Waals surface area contributed by atoms with E-state index < -0.39 is 0 Å². The second kappa shape index (κ2) is 8.94. The molecule has 0 spiro atoms. The first-order chi connectivity index (χ1) is 12.7. The maximum Gasteiger partial charge on any atom is 0.190 e. The van der Waals surface area contributed by atoms with Crippen LogP contribution in [0.25, 0.3) is 0 Å². The fourth-order valence-electron chi connectivity index (χ4n) is 2.51. The van der Waals surface area contributed by atoms with E-state index in [1.54, 1.807) is 31.8 Å². The highest BCUT2D eigenvalue weighted by Crippen LogP contribution is 2.31. The molecule has 26 heavy (non-hydrogen) atoms. The van der Waals surface area contributed by atoms with Crippen LogP contribution in [0.4, 0.5) is 0 Å². The number of halogens is 2. The number of hydrogen-bond donors (Lipinski definition) is 0. The predicted molar refractivity (Wildman–Crippen MR) is 101 cm³/mol. The minimum atomic E-state index is -0.330. The molecule has 0 bridgehead atoms. The minimum Gasteiger partial charge on any atom is -0.493 e. The van der Waals surface area contributed by atoms with E-state index in [9.17, 15) is 0 Å². The van der Waals surface area contributed by atoms with Crippen LogP contribution >= 0.6 is 23.2 Å². The molecule has 5 nitrogen and oxygen atoms in total. The van der Waals surface area contributed by atoms with Crippen LogP contribution in [0, 0.1) is 0 Å². The zero-order valence-corrected chi connectivity index (χ0v) is 15.7. The standard InChI is InChI=1S/C19H18Cl2N2O3/c1-24-17-4-2-3-5-18(17)25-13-26-19(11-23-9-8-22-12-23)15-7-6-14(20)10-16(15)21/h2-10,12,19H,11,13H2,1H3/t19-/m0/s1. The smallest absolute Gasteiger partial charge is 0.190 e. The third kappa shape index (κ3) is 4.69. The Bertz CT molecular complexity index is 841. The maximum absolute atomic E-state index is 6.36. The SMILES string of the molecule is COc1ccccc1OCO[C@@H](Cn1ccnc1)c1ccc(Cl)cc1Cl. The normalized spacial score (nSPS) is 12.0. The average Bonchev–Trinajstić information content (AvgIpc) is 3.14. The van der Waals surface area contributed by atoms with E-state index in [0.717, 1.165) is 5.56 Å². The molecule has 0 saturated carbocycles. The summed E-state index contributed by atoms with van der Waals surface area (Å²) >= 11 is 12.4. The molecular formula is C19H18Cl2N2O3. The third-order valence-electron chi connectivity index (χ3n) is 3.80. The van der Waals surface area contributed by atoms with Gasteiger partial charge in [-0.1, -0.05) is 41.4 Å². The molecule has 0 unspecified atom stereocenters. The molecule has 0 saturated heterocycles. The number of nitrogens with zero attached hydrogens (tertiary/aromatic N) is 2. The zero-order chi connectivity index (χ0) is 18.4. The minimum absolute atomic E-state index is 0.0404. The molecule has 0 amide bonds. The summed E-state index contributed by atoms with van der Waals surface area (Å²) < 4.78 is 18.9. The molecule has 3 rings (SSSR count). The summed E-state index contributed by atoms with van der Waals surface area (Å²) in [4.78, 5) is 4.06. The summed E-state index contributed by atoms with van der Waals surface area (Å²) in [7, 11) is 1.60. The average molecular weight is 393 g/mol. The summed E-state index contributed by atoms with van der Waals surface area (Å²) in [5, 5.41) is 1.12. The van der Waals surface area contributed by atoms with Crippen molar-refractivity contribution in [1.82, 2.24) is 9.55 Å². The third-order valence-corrected chi connectivity index (χ3v) is 4.36. The monoisotopic (exact) mass is 392 g/mol. The van der Waals surface area contributed by atoms with Crippen LogP contribution < -0.4 is 9.47 Å². The summed E-state index contributed by atoms with van der Waals surface area (Å²) in [6.45, 7) is 0.579. The first kappa shape index (κ1) is 18.6. The Morgan fingerprint density at radius 2 is 1.92 bits per heavy atom. The van der Waals surface area contributed by atoms with Crippen molar-refractivity contribution in [2.75, 3.05) is 13.9 Å². The van der Waals surface area contributed by atoms with E-state index in [1.807, 2.05) is 41.1 Å². The van der Waals surface area contributed by atoms with Crippen LogP contribution in [0.2, 0.25) is 10.0 Å². The molecule has 3 aromatic rings. The van der Waals surface area contributed by atoms with Gasteiger partial charge in [0.2, 0.25) is 0 Å². The van der Waals surface area contributed by atoms with Crippen LogP contribution in [0.15, 0.2) is 61.2 Å². The fourth-order valence-corrected chi connectivity index (χ4v) is 3.04. The molecule has 2 aromatic carbocycles. The molecule has 136 valence electrons. The lowest BCUT2D eigenvalue weighted by Gasteiger charge is -2.21. The topological polar surface area (TPSA) is 45.5 Å². The summed E-state index contributed by atoms with van der Waals surface area (Å²) in [6.07, 6.45) is 4.97. The van der Waals surface area contributed by atoms with Crippen molar-refractivity contribution < 1.29 is 14.2 Å². The predicted octanol–water partition coefficient (Wildman–Crippen LogP) is 4.99. The van der Waals surface area contributed by atoms with Gasteiger partial charge in [0.15, 0.2) is 18.3 Å². The van der Waals surface area contributed by atoms with E-state index >= 15 is 0 Å². The Kier molecular flexibility index (Phi) is 6.39. The van der Waals surface area contributed by atoms with Crippen molar-refractivity contribution in [1.29, 1.82) is 0 Å². The largest absolute Gasteiger partial charge is 0.493 e. The van der Waals surface area contributed by atoms with Gasteiger partial charge in [-0.2, -0.15) is 0 Å². The Labute approximate surface area is 162 Å². The Morgan fingerprint density at radius 3 is 2.62 bits per heavy atom. The van der Waals surface area contributed by atoms with Crippen LogP contribution in [-0.2, 0) is 11.3 Å². The van der Waals surface area contributed by atoms with Gasteiger partial charge in [0.25, 0.3) is 0 Å². The number of hydrogen-bond acceptors (Lipinski definition) is 4. The van der Waals surface area contributed by atoms with Crippen molar-refractivity contribution in [3.05, 3.63) is 76.8 Å². The second-order valence-corrected chi connectivity index (χ2v) is 6.34. The highest BCUT2D eigenvalue weighted by Gasteiger charge is 2.17. The zero-order valence-electron chi connectivity index (χ0n) is 14.1. The van der Waals surface area contributed by atoms with E-state index in [2.05, 4.69) is 4.98 Å². The number of ether oxygens (including phenoxy) is 3. The van der Waals surface area contributed by atoms with Crippen molar-refractivity contribution in [2.24, 2.45) is 0 Å². The van der Waals surface area contributed by atoms with E-state index in [0.29, 0.717) is 28.1 Å². The second-order valence-electron chi connectivity index (χ2n) is 5.49. The molecule has 1 atom stereocenters. The maximum atomic E-state index is 6.36. The van der Waals surface area contributed by atoms with Gasteiger partial charge in [-0.3, -0.25) is 0 Å². The highest BCUT2D eigenvalue weighted by atomic mass is 35.5. The van der Waals surface area contributed by atoms with E-state index in [4.69, 9.17) is 37.4 Å². The number of benzene rings is 2. The molecule has 0 aliphatic carbocycles. The Balaban J connectivity index is 1.73. The Hall–Kier alpha value is -2.21. The van der Waals surface area contributed by atoms with Crippen molar-refractivity contribution in [2.45, 2.75) is 12.6 Å². The summed E-state index contributed by atoms with van der Waals surface area (Å²) in [6, 6.07) is 12.7. The van der Waals surface area contributed by atoms with Gasteiger partial charge in [-0.15, -0.1) is 0 Å². The lowest BCUT2D eigenvalue weighted by molar-refractivity contribution is -0.0452. The van der Waals surface area contributed by atoms with Crippen molar-refractivity contribution in [3.8, 4) is 11.5 Å². The summed E-state index contributed by atoms with van der Waals surface area (Å²) in [5.74, 6) is 1.25. The molecule has 1 heterocycles. The molecule has 0 radical (unpaired) electrons.